The van der Waals surface area contributed by atoms with Gasteiger partial charge in [-0.2, -0.15) is 0 Å². The quantitative estimate of drug-likeness (QED) is 0.579. The Kier molecular flexibility index (Phi) is 6.12. The molecule has 1 atom stereocenters. The van der Waals surface area contributed by atoms with Crippen molar-refractivity contribution in [2.75, 3.05) is 13.7 Å². The molecule has 0 saturated heterocycles. The van der Waals surface area contributed by atoms with E-state index in [1.165, 1.54) is 5.56 Å². The number of halogens is 2. The summed E-state index contributed by atoms with van der Waals surface area (Å²) in [6.07, 6.45) is 0.834. The second-order valence-electron chi connectivity index (χ2n) is 4.60. The third kappa shape index (κ3) is 4.24. The predicted octanol–water partition coefficient (Wildman–Crippen LogP) is 5.54. The zero-order chi connectivity index (χ0) is 15.2. The third-order valence-electron chi connectivity index (χ3n) is 3.20. The molecule has 0 aliphatic heterocycles. The van der Waals surface area contributed by atoms with Gasteiger partial charge in [0.25, 0.3) is 0 Å². The Labute approximate surface area is 142 Å². The summed E-state index contributed by atoms with van der Waals surface area (Å²) in [7, 11) is 1.70. The molecular formula is C17H18Br2O2. The van der Waals surface area contributed by atoms with Gasteiger partial charge in [0.2, 0.25) is 0 Å². The minimum atomic E-state index is 0.160. The number of methoxy groups -OCH3 is 1. The van der Waals surface area contributed by atoms with Gasteiger partial charge in [-0.05, 0) is 43.2 Å². The molecular weight excluding hydrogens is 396 g/mol. The number of hydrogen-bond acceptors (Lipinski definition) is 2. The first-order valence-electron chi connectivity index (χ1n) is 6.84. The van der Waals surface area contributed by atoms with Crippen molar-refractivity contribution < 1.29 is 9.47 Å². The van der Waals surface area contributed by atoms with E-state index in [4.69, 9.17) is 9.47 Å². The average molecular weight is 414 g/mol. The van der Waals surface area contributed by atoms with Crippen LogP contribution in [-0.2, 0) is 6.42 Å². The molecule has 21 heavy (non-hydrogen) atoms. The summed E-state index contributed by atoms with van der Waals surface area (Å²) < 4.78 is 12.2. The highest BCUT2D eigenvalue weighted by atomic mass is 79.9. The van der Waals surface area contributed by atoms with E-state index in [2.05, 4.69) is 44.0 Å². The van der Waals surface area contributed by atoms with Crippen LogP contribution in [0.4, 0.5) is 0 Å². The van der Waals surface area contributed by atoms with Crippen LogP contribution in [0.5, 0.6) is 11.5 Å². The zero-order valence-electron chi connectivity index (χ0n) is 12.1. The van der Waals surface area contributed by atoms with Crippen LogP contribution in [0.2, 0.25) is 0 Å². The molecule has 2 rings (SSSR count). The monoisotopic (exact) mass is 412 g/mol. The number of hydrogen-bond donors (Lipinski definition) is 0. The van der Waals surface area contributed by atoms with Crippen LogP contribution in [0.1, 0.15) is 22.9 Å². The largest absolute Gasteiger partial charge is 0.496 e. The molecule has 0 fully saturated rings. The van der Waals surface area contributed by atoms with Gasteiger partial charge in [-0.25, -0.2) is 0 Å². The summed E-state index contributed by atoms with van der Waals surface area (Å²) in [5, 5.41) is 0. The van der Waals surface area contributed by atoms with Crippen molar-refractivity contribution in [1.82, 2.24) is 0 Å². The first kappa shape index (κ1) is 16.4. The van der Waals surface area contributed by atoms with Gasteiger partial charge in [0.1, 0.15) is 11.5 Å². The number of rotatable bonds is 6. The van der Waals surface area contributed by atoms with Crippen LogP contribution in [0.3, 0.4) is 0 Å². The lowest BCUT2D eigenvalue weighted by Gasteiger charge is -2.17. The van der Waals surface area contributed by atoms with Crippen LogP contribution in [0.25, 0.3) is 0 Å². The van der Waals surface area contributed by atoms with E-state index in [1.54, 1.807) is 7.11 Å². The SMILES string of the molecule is CCOc1ccc(Br)cc1C(Br)Cc1ccccc1OC. The Balaban J connectivity index is 2.27. The van der Waals surface area contributed by atoms with Gasteiger partial charge in [-0.15, -0.1) is 0 Å². The van der Waals surface area contributed by atoms with Crippen LogP contribution in [-0.4, -0.2) is 13.7 Å². The van der Waals surface area contributed by atoms with Crippen molar-refractivity contribution >= 4 is 31.9 Å². The molecule has 0 heterocycles. The molecule has 2 aromatic rings. The first-order valence-corrected chi connectivity index (χ1v) is 8.54. The normalized spacial score (nSPS) is 12.0. The molecule has 4 heteroatoms. The molecule has 2 nitrogen and oxygen atoms in total. The summed E-state index contributed by atoms with van der Waals surface area (Å²) in [6, 6.07) is 14.2. The van der Waals surface area contributed by atoms with Gasteiger partial charge in [-0.1, -0.05) is 50.1 Å². The number of para-hydroxylation sites is 1. The Bertz CT molecular complexity index is 599. The van der Waals surface area contributed by atoms with Crippen molar-refractivity contribution in [3.8, 4) is 11.5 Å². The van der Waals surface area contributed by atoms with Gasteiger partial charge < -0.3 is 9.47 Å². The molecule has 0 spiro atoms. The van der Waals surface area contributed by atoms with Crippen molar-refractivity contribution in [2.24, 2.45) is 0 Å². The highest BCUT2D eigenvalue weighted by molar-refractivity contribution is 9.10. The fraction of sp³-hybridized carbons (Fsp3) is 0.294. The molecule has 0 aromatic heterocycles. The van der Waals surface area contributed by atoms with Crippen molar-refractivity contribution in [3.63, 3.8) is 0 Å². The topological polar surface area (TPSA) is 18.5 Å². The minimum absolute atomic E-state index is 0.160. The van der Waals surface area contributed by atoms with E-state index < -0.39 is 0 Å². The number of ether oxygens (including phenoxy) is 2. The summed E-state index contributed by atoms with van der Waals surface area (Å²) in [6.45, 7) is 2.65. The molecule has 0 bridgehead atoms. The molecule has 0 saturated carbocycles. The molecule has 0 radical (unpaired) electrons. The molecule has 1 unspecified atom stereocenters. The Hall–Kier alpha value is -1.00. The van der Waals surface area contributed by atoms with Crippen LogP contribution >= 0.6 is 31.9 Å². The summed E-state index contributed by atoms with van der Waals surface area (Å²) in [4.78, 5) is 0.160. The molecule has 0 aliphatic rings. The van der Waals surface area contributed by atoms with E-state index in [0.717, 1.165) is 28.0 Å². The molecule has 112 valence electrons. The van der Waals surface area contributed by atoms with Crippen molar-refractivity contribution in [3.05, 3.63) is 58.1 Å². The number of alkyl halides is 1. The van der Waals surface area contributed by atoms with E-state index in [9.17, 15) is 0 Å². The van der Waals surface area contributed by atoms with E-state index in [-0.39, 0.29) is 4.83 Å². The molecule has 2 aromatic carbocycles. The average Bonchev–Trinajstić information content (AvgIpc) is 2.49. The molecule has 0 aliphatic carbocycles. The predicted molar refractivity (Wildman–Crippen MR) is 93.7 cm³/mol. The summed E-state index contributed by atoms with van der Waals surface area (Å²) in [5.41, 5.74) is 2.31. The first-order chi connectivity index (χ1) is 10.2. The highest BCUT2D eigenvalue weighted by Crippen LogP contribution is 2.37. The maximum Gasteiger partial charge on any atom is 0.123 e. The Morgan fingerprint density at radius 1 is 1.10 bits per heavy atom. The molecule has 0 amide bonds. The van der Waals surface area contributed by atoms with Crippen LogP contribution < -0.4 is 9.47 Å². The van der Waals surface area contributed by atoms with Gasteiger partial charge in [-0.3, -0.25) is 0 Å². The lowest BCUT2D eigenvalue weighted by atomic mass is 10.0. The fourth-order valence-electron chi connectivity index (χ4n) is 2.23. The summed E-state index contributed by atoms with van der Waals surface area (Å²) in [5.74, 6) is 1.83. The van der Waals surface area contributed by atoms with E-state index in [1.807, 2.05) is 37.3 Å². The summed E-state index contributed by atoms with van der Waals surface area (Å²) >= 11 is 7.31. The van der Waals surface area contributed by atoms with Gasteiger partial charge in [0, 0.05) is 14.9 Å². The third-order valence-corrected chi connectivity index (χ3v) is 4.51. The number of benzene rings is 2. The van der Waals surface area contributed by atoms with Crippen LogP contribution in [0, 0.1) is 0 Å². The van der Waals surface area contributed by atoms with Crippen molar-refractivity contribution in [1.29, 1.82) is 0 Å². The smallest absolute Gasteiger partial charge is 0.123 e. The second kappa shape index (κ2) is 7.85. The highest BCUT2D eigenvalue weighted by Gasteiger charge is 2.16. The minimum Gasteiger partial charge on any atom is -0.496 e. The van der Waals surface area contributed by atoms with Gasteiger partial charge in [0.15, 0.2) is 0 Å². The standard InChI is InChI=1S/C17H18Br2O2/c1-3-21-17-9-8-13(18)11-14(17)15(19)10-12-6-4-5-7-16(12)20-2/h4-9,11,15H,3,10H2,1-2H3. The second-order valence-corrected chi connectivity index (χ2v) is 6.62. The van der Waals surface area contributed by atoms with Crippen molar-refractivity contribution in [2.45, 2.75) is 18.2 Å². The Morgan fingerprint density at radius 3 is 2.57 bits per heavy atom. The zero-order valence-corrected chi connectivity index (χ0v) is 15.3. The molecule has 0 N–H and O–H groups in total. The fourth-order valence-corrected chi connectivity index (χ4v) is 3.31. The Morgan fingerprint density at radius 2 is 1.86 bits per heavy atom. The van der Waals surface area contributed by atoms with Crippen LogP contribution in [0.15, 0.2) is 46.9 Å². The maximum atomic E-state index is 5.73. The van der Waals surface area contributed by atoms with E-state index >= 15 is 0 Å². The van der Waals surface area contributed by atoms with E-state index in [0.29, 0.717) is 6.61 Å². The lowest BCUT2D eigenvalue weighted by molar-refractivity contribution is 0.336. The van der Waals surface area contributed by atoms with Gasteiger partial charge in [0.05, 0.1) is 13.7 Å². The van der Waals surface area contributed by atoms with Gasteiger partial charge >= 0.3 is 0 Å². The maximum absolute atomic E-state index is 5.73. The lowest BCUT2D eigenvalue weighted by Crippen LogP contribution is -2.02.